The molecule has 2 amide bonds. The first kappa shape index (κ1) is 20.5. The SMILES string of the molecule is COc1ccccc1NC(=O)Nc1ccnn1C1CCN(CC2CC=CCC2)CC1. The van der Waals surface area contributed by atoms with Crippen molar-refractivity contribution in [1.29, 1.82) is 0 Å². The highest BCUT2D eigenvalue weighted by molar-refractivity contribution is 6.00. The van der Waals surface area contributed by atoms with Crippen molar-refractivity contribution in [3.05, 3.63) is 48.7 Å². The summed E-state index contributed by atoms with van der Waals surface area (Å²) in [7, 11) is 1.59. The second kappa shape index (κ2) is 9.80. The number of urea groups is 1. The van der Waals surface area contributed by atoms with Crippen LogP contribution in [0, 0.1) is 5.92 Å². The van der Waals surface area contributed by atoms with Crippen molar-refractivity contribution in [1.82, 2.24) is 14.7 Å². The number of piperidine rings is 1. The van der Waals surface area contributed by atoms with Crippen LogP contribution in [0.2, 0.25) is 0 Å². The Hall–Kier alpha value is -2.80. The monoisotopic (exact) mass is 409 g/mol. The lowest BCUT2D eigenvalue weighted by Crippen LogP contribution is -2.38. The maximum Gasteiger partial charge on any atom is 0.324 e. The fourth-order valence-electron chi connectivity index (χ4n) is 4.46. The number of para-hydroxylation sites is 2. The van der Waals surface area contributed by atoms with E-state index in [1.54, 1.807) is 13.3 Å². The fraction of sp³-hybridized carbons (Fsp3) is 0.478. The molecule has 2 aliphatic rings. The maximum atomic E-state index is 12.5. The third-order valence-electron chi connectivity index (χ3n) is 6.06. The highest BCUT2D eigenvalue weighted by atomic mass is 16.5. The number of nitrogens with one attached hydrogen (secondary N) is 2. The number of likely N-dealkylation sites (tertiary alicyclic amines) is 1. The molecular weight excluding hydrogens is 378 g/mol. The minimum atomic E-state index is -0.302. The largest absolute Gasteiger partial charge is 0.495 e. The van der Waals surface area contributed by atoms with E-state index >= 15 is 0 Å². The molecule has 1 aliphatic heterocycles. The number of nitrogens with zero attached hydrogens (tertiary/aromatic N) is 3. The van der Waals surface area contributed by atoms with E-state index in [0.29, 0.717) is 17.5 Å². The Morgan fingerprint density at radius 3 is 2.73 bits per heavy atom. The van der Waals surface area contributed by atoms with E-state index < -0.39 is 0 Å². The Kier molecular flexibility index (Phi) is 6.69. The summed E-state index contributed by atoms with van der Waals surface area (Å²) >= 11 is 0. The molecule has 1 aromatic heterocycles. The number of allylic oxidation sites excluding steroid dienone is 2. The van der Waals surface area contributed by atoms with Crippen molar-refractivity contribution in [3.8, 4) is 5.75 Å². The summed E-state index contributed by atoms with van der Waals surface area (Å²) in [5.74, 6) is 2.15. The van der Waals surface area contributed by atoms with E-state index in [0.717, 1.165) is 37.7 Å². The van der Waals surface area contributed by atoms with Crippen molar-refractivity contribution in [2.45, 2.75) is 38.1 Å². The first-order valence-corrected chi connectivity index (χ1v) is 10.8. The van der Waals surface area contributed by atoms with Gasteiger partial charge in [0.15, 0.2) is 0 Å². The standard InChI is InChI=1S/C23H31N5O2/c1-30-21-10-6-5-9-20(21)25-23(29)26-22-11-14-24-28(22)19-12-15-27(16-13-19)17-18-7-3-2-4-8-18/h2-3,5-6,9-11,14,18-19H,4,7-8,12-13,15-17H2,1H3,(H2,25,26,29). The number of rotatable bonds is 6. The van der Waals surface area contributed by atoms with Gasteiger partial charge >= 0.3 is 6.03 Å². The van der Waals surface area contributed by atoms with E-state index in [2.05, 4.69) is 32.8 Å². The highest BCUT2D eigenvalue weighted by Gasteiger charge is 2.25. The Bertz CT molecular complexity index is 870. The molecule has 2 aromatic rings. The summed E-state index contributed by atoms with van der Waals surface area (Å²) in [6.45, 7) is 3.36. The second-order valence-corrected chi connectivity index (χ2v) is 8.12. The summed E-state index contributed by atoms with van der Waals surface area (Å²) < 4.78 is 7.26. The number of amides is 2. The molecule has 1 saturated heterocycles. The summed E-state index contributed by atoms with van der Waals surface area (Å²) in [6, 6.07) is 9.22. The lowest BCUT2D eigenvalue weighted by atomic mass is 9.93. The van der Waals surface area contributed by atoms with Gasteiger partial charge in [-0.2, -0.15) is 5.10 Å². The molecule has 0 spiro atoms. The van der Waals surface area contributed by atoms with Gasteiger partial charge in [0, 0.05) is 25.7 Å². The summed E-state index contributed by atoms with van der Waals surface area (Å²) in [4.78, 5) is 15.1. The maximum absolute atomic E-state index is 12.5. The Balaban J connectivity index is 1.31. The molecule has 7 nitrogen and oxygen atoms in total. The summed E-state index contributed by atoms with van der Waals surface area (Å²) in [5, 5.41) is 10.3. The third-order valence-corrected chi connectivity index (χ3v) is 6.06. The van der Waals surface area contributed by atoms with Crippen LogP contribution in [0.25, 0.3) is 0 Å². The zero-order valence-electron chi connectivity index (χ0n) is 17.6. The first-order chi connectivity index (χ1) is 14.7. The van der Waals surface area contributed by atoms with E-state index in [1.807, 2.05) is 35.0 Å². The predicted molar refractivity (Wildman–Crippen MR) is 119 cm³/mol. The number of benzene rings is 1. The highest BCUT2D eigenvalue weighted by Crippen LogP contribution is 2.28. The van der Waals surface area contributed by atoms with Gasteiger partial charge < -0.3 is 15.0 Å². The molecule has 160 valence electrons. The van der Waals surface area contributed by atoms with Crippen LogP contribution in [0.5, 0.6) is 5.75 Å². The molecular formula is C23H31N5O2. The van der Waals surface area contributed by atoms with Gasteiger partial charge in [-0.15, -0.1) is 0 Å². The topological polar surface area (TPSA) is 71.4 Å². The number of carbonyl (C=O) groups excluding carboxylic acids is 1. The average molecular weight is 410 g/mol. The van der Waals surface area contributed by atoms with E-state index in [4.69, 9.17) is 4.74 Å². The zero-order chi connectivity index (χ0) is 20.8. The predicted octanol–water partition coefficient (Wildman–Crippen LogP) is 4.53. The quantitative estimate of drug-likeness (QED) is 0.688. The molecule has 0 saturated carbocycles. The number of carbonyl (C=O) groups is 1. The van der Waals surface area contributed by atoms with Gasteiger partial charge in [0.1, 0.15) is 11.6 Å². The van der Waals surface area contributed by atoms with Crippen LogP contribution in [0.3, 0.4) is 0 Å². The average Bonchev–Trinajstić information content (AvgIpc) is 3.23. The van der Waals surface area contributed by atoms with Gasteiger partial charge in [-0.3, -0.25) is 5.32 Å². The van der Waals surface area contributed by atoms with Crippen molar-refractivity contribution < 1.29 is 9.53 Å². The number of ether oxygens (including phenoxy) is 1. The summed E-state index contributed by atoms with van der Waals surface area (Å²) in [5.41, 5.74) is 0.634. The molecule has 7 heteroatoms. The van der Waals surface area contributed by atoms with Crippen LogP contribution >= 0.6 is 0 Å². The molecule has 4 rings (SSSR count). The Morgan fingerprint density at radius 1 is 1.13 bits per heavy atom. The number of hydrogen-bond donors (Lipinski definition) is 2. The lowest BCUT2D eigenvalue weighted by Gasteiger charge is -2.35. The number of anilines is 2. The molecule has 1 aromatic carbocycles. The van der Waals surface area contributed by atoms with Crippen molar-refractivity contribution >= 4 is 17.5 Å². The van der Waals surface area contributed by atoms with Gasteiger partial charge in [0.05, 0.1) is 25.0 Å². The molecule has 0 bridgehead atoms. The van der Waals surface area contributed by atoms with Crippen LogP contribution in [0.1, 0.15) is 38.1 Å². The Labute approximate surface area is 178 Å². The van der Waals surface area contributed by atoms with Crippen LogP contribution in [-0.2, 0) is 0 Å². The third kappa shape index (κ3) is 5.02. The normalized spacial score (nSPS) is 20.1. The minimum Gasteiger partial charge on any atom is -0.495 e. The van der Waals surface area contributed by atoms with Crippen molar-refractivity contribution in [3.63, 3.8) is 0 Å². The molecule has 1 aliphatic carbocycles. The number of hydrogen-bond acceptors (Lipinski definition) is 4. The molecule has 1 unspecified atom stereocenters. The smallest absolute Gasteiger partial charge is 0.324 e. The van der Waals surface area contributed by atoms with Crippen LogP contribution in [-0.4, -0.2) is 47.5 Å². The molecule has 30 heavy (non-hydrogen) atoms. The molecule has 1 fully saturated rings. The number of aromatic nitrogens is 2. The first-order valence-electron chi connectivity index (χ1n) is 10.8. The number of methoxy groups -OCH3 is 1. The summed E-state index contributed by atoms with van der Waals surface area (Å²) in [6.07, 6.45) is 12.2. The Morgan fingerprint density at radius 2 is 1.97 bits per heavy atom. The van der Waals surface area contributed by atoms with Crippen LogP contribution in [0.4, 0.5) is 16.3 Å². The minimum absolute atomic E-state index is 0.302. The molecule has 2 heterocycles. The van der Waals surface area contributed by atoms with Crippen LogP contribution < -0.4 is 15.4 Å². The molecule has 0 radical (unpaired) electrons. The van der Waals surface area contributed by atoms with Crippen LogP contribution in [0.15, 0.2) is 48.7 Å². The second-order valence-electron chi connectivity index (χ2n) is 8.12. The van der Waals surface area contributed by atoms with Gasteiger partial charge in [0.2, 0.25) is 0 Å². The van der Waals surface area contributed by atoms with E-state index in [1.165, 1.54) is 25.8 Å². The van der Waals surface area contributed by atoms with Gasteiger partial charge in [-0.1, -0.05) is 24.3 Å². The molecule has 2 N–H and O–H groups in total. The van der Waals surface area contributed by atoms with Gasteiger partial charge in [-0.05, 0) is 50.2 Å². The zero-order valence-corrected chi connectivity index (χ0v) is 17.6. The van der Waals surface area contributed by atoms with Gasteiger partial charge in [0.25, 0.3) is 0 Å². The fourth-order valence-corrected chi connectivity index (χ4v) is 4.46. The lowest BCUT2D eigenvalue weighted by molar-refractivity contribution is 0.154. The van der Waals surface area contributed by atoms with Gasteiger partial charge in [-0.25, -0.2) is 9.48 Å². The van der Waals surface area contributed by atoms with E-state index in [9.17, 15) is 4.79 Å². The van der Waals surface area contributed by atoms with Crippen molar-refractivity contribution in [2.24, 2.45) is 5.92 Å². The van der Waals surface area contributed by atoms with Crippen molar-refractivity contribution in [2.75, 3.05) is 37.4 Å². The molecule has 1 atom stereocenters. The van der Waals surface area contributed by atoms with E-state index in [-0.39, 0.29) is 6.03 Å².